The van der Waals surface area contributed by atoms with Gasteiger partial charge in [0, 0.05) is 19.2 Å². The third-order valence-corrected chi connectivity index (χ3v) is 2.24. The lowest BCUT2D eigenvalue weighted by Crippen LogP contribution is -2.20. The van der Waals surface area contributed by atoms with E-state index in [0.29, 0.717) is 18.7 Å². The molecule has 0 saturated carbocycles. The molecule has 0 radical (unpaired) electrons. The van der Waals surface area contributed by atoms with Gasteiger partial charge in [0.25, 0.3) is 0 Å². The molecule has 1 N–H and O–H groups in total. The van der Waals surface area contributed by atoms with Crippen molar-refractivity contribution < 1.29 is 18.3 Å². The van der Waals surface area contributed by atoms with Crippen molar-refractivity contribution in [2.24, 2.45) is 0 Å². The van der Waals surface area contributed by atoms with E-state index in [1.165, 1.54) is 12.1 Å². The molecule has 104 valence electrons. The van der Waals surface area contributed by atoms with E-state index in [1.807, 2.05) is 13.8 Å². The maximum Gasteiger partial charge on any atom is 0.330 e. The molecule has 0 aromatic heterocycles. The second-order valence-electron chi connectivity index (χ2n) is 4.31. The van der Waals surface area contributed by atoms with E-state index < -0.39 is 11.6 Å². The highest BCUT2D eigenvalue weighted by Gasteiger charge is 2.02. The molecule has 0 aliphatic rings. The fraction of sp³-hybridized carbons (Fsp3) is 0.357. The summed E-state index contributed by atoms with van der Waals surface area (Å²) in [7, 11) is 0. The van der Waals surface area contributed by atoms with Crippen LogP contribution in [0.5, 0.6) is 0 Å². The molecule has 0 heterocycles. The number of hydrogen-bond acceptors (Lipinski definition) is 3. The molecule has 0 spiro atoms. The van der Waals surface area contributed by atoms with Gasteiger partial charge in [0.15, 0.2) is 11.6 Å². The predicted molar refractivity (Wildman–Crippen MR) is 68.5 cm³/mol. The first-order chi connectivity index (χ1) is 8.99. The van der Waals surface area contributed by atoms with Gasteiger partial charge in [0.05, 0.1) is 0 Å². The van der Waals surface area contributed by atoms with E-state index in [-0.39, 0.29) is 12.6 Å². The van der Waals surface area contributed by atoms with Crippen LogP contribution in [0, 0.1) is 11.6 Å². The molecule has 19 heavy (non-hydrogen) atoms. The monoisotopic (exact) mass is 269 g/mol. The normalized spacial score (nSPS) is 10.1. The predicted octanol–water partition coefficient (Wildman–Crippen LogP) is 2.56. The van der Waals surface area contributed by atoms with Gasteiger partial charge in [-0.3, -0.25) is 0 Å². The zero-order chi connectivity index (χ0) is 14.3. The number of rotatable bonds is 6. The molecule has 5 heteroatoms. The summed E-state index contributed by atoms with van der Waals surface area (Å²) in [5, 5.41) is 2.97. The quantitative estimate of drug-likeness (QED) is 0.490. The molecule has 0 aliphatic heterocycles. The van der Waals surface area contributed by atoms with Gasteiger partial charge in [0.1, 0.15) is 6.61 Å². The average molecular weight is 269 g/mol. The molecule has 0 unspecified atom stereocenters. The summed E-state index contributed by atoms with van der Waals surface area (Å²) >= 11 is 0. The lowest BCUT2D eigenvalue weighted by atomic mass is 10.2. The summed E-state index contributed by atoms with van der Waals surface area (Å²) in [4.78, 5) is 11.2. The number of ether oxygens (including phenoxy) is 1. The number of esters is 1. The lowest BCUT2D eigenvalue weighted by Gasteiger charge is -2.06. The van der Waals surface area contributed by atoms with Crippen molar-refractivity contribution in [1.29, 1.82) is 0 Å². The topological polar surface area (TPSA) is 38.3 Å². The Balaban J connectivity index is 2.22. The minimum absolute atomic E-state index is 0.228. The second-order valence-corrected chi connectivity index (χ2v) is 4.31. The number of nitrogens with one attached hydrogen (secondary N) is 1. The Bertz CT molecular complexity index is 469. The Hall–Kier alpha value is -1.75. The summed E-state index contributed by atoms with van der Waals surface area (Å²) in [6.07, 6.45) is 1.41. The van der Waals surface area contributed by atoms with Gasteiger partial charge in [-0.2, -0.15) is 0 Å². The summed E-state index contributed by atoms with van der Waals surface area (Å²) in [6.45, 7) is 4.68. The second kappa shape index (κ2) is 7.63. The molecule has 0 fully saturated rings. The van der Waals surface area contributed by atoms with Crippen LogP contribution in [-0.2, 0) is 16.1 Å². The zero-order valence-electron chi connectivity index (χ0n) is 11.0. The van der Waals surface area contributed by atoms with Crippen molar-refractivity contribution in [2.45, 2.75) is 20.4 Å². The van der Waals surface area contributed by atoms with Gasteiger partial charge in [0.2, 0.25) is 0 Å². The Kier molecular flexibility index (Phi) is 6.15. The highest BCUT2D eigenvalue weighted by Crippen LogP contribution is 2.08. The third-order valence-electron chi connectivity index (χ3n) is 2.24. The first kappa shape index (κ1) is 15.3. The standard InChI is InChI=1S/C14H17F2NO2/c1-10(2)7-14(18)19-6-5-17-9-11-3-4-12(15)13(16)8-11/h3-4,7-8,17H,5-6,9H2,1-2H3. The van der Waals surface area contributed by atoms with Crippen LogP contribution in [0.15, 0.2) is 29.8 Å². The Morgan fingerprint density at radius 3 is 2.68 bits per heavy atom. The van der Waals surface area contributed by atoms with E-state index in [4.69, 9.17) is 4.74 Å². The van der Waals surface area contributed by atoms with Crippen LogP contribution < -0.4 is 5.32 Å². The van der Waals surface area contributed by atoms with Gasteiger partial charge in [-0.15, -0.1) is 0 Å². The number of halogens is 2. The average Bonchev–Trinajstić information content (AvgIpc) is 2.32. The van der Waals surface area contributed by atoms with Crippen LogP contribution in [0.1, 0.15) is 19.4 Å². The minimum Gasteiger partial charge on any atom is -0.461 e. The Morgan fingerprint density at radius 2 is 2.05 bits per heavy atom. The van der Waals surface area contributed by atoms with Crippen molar-refractivity contribution in [3.8, 4) is 0 Å². The Morgan fingerprint density at radius 1 is 1.32 bits per heavy atom. The fourth-order valence-corrected chi connectivity index (χ4v) is 1.38. The van der Waals surface area contributed by atoms with Crippen LogP contribution in [-0.4, -0.2) is 19.1 Å². The van der Waals surface area contributed by atoms with Crippen LogP contribution >= 0.6 is 0 Å². The molecule has 1 aromatic carbocycles. The van der Waals surface area contributed by atoms with Crippen LogP contribution in [0.25, 0.3) is 0 Å². The first-order valence-electron chi connectivity index (χ1n) is 5.95. The first-order valence-corrected chi connectivity index (χ1v) is 5.95. The van der Waals surface area contributed by atoms with E-state index in [2.05, 4.69) is 5.32 Å². The van der Waals surface area contributed by atoms with Gasteiger partial charge in [-0.25, -0.2) is 13.6 Å². The van der Waals surface area contributed by atoms with Crippen LogP contribution in [0.3, 0.4) is 0 Å². The number of hydrogen-bond donors (Lipinski definition) is 1. The number of carbonyl (C=O) groups excluding carboxylic acids is 1. The molecule has 0 saturated heterocycles. The summed E-state index contributed by atoms with van der Waals surface area (Å²) < 4.78 is 30.5. The molecule has 3 nitrogen and oxygen atoms in total. The molecular weight excluding hydrogens is 252 g/mol. The van der Waals surface area contributed by atoms with E-state index in [0.717, 1.165) is 17.7 Å². The van der Waals surface area contributed by atoms with Crippen LogP contribution in [0.4, 0.5) is 8.78 Å². The van der Waals surface area contributed by atoms with E-state index in [9.17, 15) is 13.6 Å². The number of benzene rings is 1. The van der Waals surface area contributed by atoms with E-state index in [1.54, 1.807) is 0 Å². The molecule has 0 aliphatic carbocycles. The SMILES string of the molecule is CC(C)=CC(=O)OCCNCc1ccc(F)c(F)c1. The molecule has 1 aromatic rings. The van der Waals surface area contributed by atoms with Crippen molar-refractivity contribution >= 4 is 5.97 Å². The minimum atomic E-state index is -0.866. The smallest absolute Gasteiger partial charge is 0.330 e. The molecule has 0 bridgehead atoms. The van der Waals surface area contributed by atoms with Crippen LogP contribution in [0.2, 0.25) is 0 Å². The maximum atomic E-state index is 12.9. The number of allylic oxidation sites excluding steroid dienone is 1. The van der Waals surface area contributed by atoms with Gasteiger partial charge in [-0.05, 0) is 31.5 Å². The van der Waals surface area contributed by atoms with Gasteiger partial charge in [-0.1, -0.05) is 11.6 Å². The van der Waals surface area contributed by atoms with Crippen molar-refractivity contribution in [3.63, 3.8) is 0 Å². The van der Waals surface area contributed by atoms with E-state index >= 15 is 0 Å². The lowest BCUT2D eigenvalue weighted by molar-refractivity contribution is -0.137. The largest absolute Gasteiger partial charge is 0.461 e. The summed E-state index contributed by atoms with van der Waals surface area (Å²) in [6, 6.07) is 3.72. The summed E-state index contributed by atoms with van der Waals surface area (Å²) in [5.74, 6) is -2.11. The third kappa shape index (κ3) is 6.10. The Labute approximate surface area is 111 Å². The van der Waals surface area contributed by atoms with Crippen molar-refractivity contribution in [1.82, 2.24) is 5.32 Å². The zero-order valence-corrected chi connectivity index (χ0v) is 11.0. The van der Waals surface area contributed by atoms with Crippen molar-refractivity contribution in [2.75, 3.05) is 13.2 Å². The van der Waals surface area contributed by atoms with Gasteiger partial charge < -0.3 is 10.1 Å². The fourth-order valence-electron chi connectivity index (χ4n) is 1.38. The summed E-state index contributed by atoms with van der Waals surface area (Å²) in [5.41, 5.74) is 1.51. The highest BCUT2D eigenvalue weighted by molar-refractivity contribution is 5.82. The van der Waals surface area contributed by atoms with Crippen molar-refractivity contribution in [3.05, 3.63) is 47.0 Å². The highest BCUT2D eigenvalue weighted by atomic mass is 19.2. The maximum absolute atomic E-state index is 12.9. The van der Waals surface area contributed by atoms with Gasteiger partial charge >= 0.3 is 5.97 Å². The molecule has 0 atom stereocenters. The molecular formula is C14H17F2NO2. The molecule has 1 rings (SSSR count). The number of carbonyl (C=O) groups is 1. The molecule has 0 amide bonds.